The van der Waals surface area contributed by atoms with Crippen molar-refractivity contribution in [2.75, 3.05) is 43.9 Å². The first-order valence-corrected chi connectivity index (χ1v) is 7.93. The summed E-state index contributed by atoms with van der Waals surface area (Å²) in [6.07, 6.45) is 0. The van der Waals surface area contributed by atoms with Crippen LogP contribution in [-0.4, -0.2) is 56.3 Å². The van der Waals surface area contributed by atoms with Crippen molar-refractivity contribution in [1.29, 1.82) is 0 Å². The fourth-order valence-corrected chi connectivity index (χ4v) is 3.22. The van der Waals surface area contributed by atoms with Gasteiger partial charge in [0.2, 0.25) is 21.7 Å². The van der Waals surface area contributed by atoms with E-state index in [1.807, 2.05) is 0 Å². The average Bonchev–Trinajstić information content (AvgIpc) is 2.49. The molecule has 0 bridgehead atoms. The van der Waals surface area contributed by atoms with Crippen molar-refractivity contribution in [3.05, 3.63) is 23.5 Å². The molecule has 0 spiro atoms. The van der Waals surface area contributed by atoms with Crippen molar-refractivity contribution in [2.24, 2.45) is 0 Å². The molecule has 6 nitrogen and oxygen atoms in total. The lowest BCUT2D eigenvalue weighted by Crippen LogP contribution is -2.42. The Balaban J connectivity index is 2.02. The van der Waals surface area contributed by atoms with E-state index in [0.717, 1.165) is 0 Å². The van der Waals surface area contributed by atoms with E-state index < -0.39 is 51.5 Å². The smallest absolute Gasteiger partial charge is 0.253 e. The number of morpholine rings is 1. The zero-order valence-electron chi connectivity index (χ0n) is 11.3. The summed E-state index contributed by atoms with van der Waals surface area (Å²) in [6.45, 7) is 0.469. The van der Waals surface area contributed by atoms with Crippen LogP contribution >= 0.6 is 0 Å². The highest BCUT2D eigenvalue weighted by Crippen LogP contribution is 2.21. The molecule has 1 aliphatic rings. The van der Waals surface area contributed by atoms with Crippen molar-refractivity contribution in [3.63, 3.8) is 0 Å². The summed E-state index contributed by atoms with van der Waals surface area (Å²) in [7, 11) is -3.66. The van der Waals surface area contributed by atoms with Gasteiger partial charge < -0.3 is 10.1 Å². The molecule has 0 saturated carbocycles. The summed E-state index contributed by atoms with van der Waals surface area (Å²) < 4.78 is 82.6. The molecule has 22 heavy (non-hydrogen) atoms. The molecule has 1 saturated heterocycles. The molecule has 1 fully saturated rings. The molecule has 0 aliphatic carbocycles. The maximum absolute atomic E-state index is 13.3. The van der Waals surface area contributed by atoms with Gasteiger partial charge in [-0.25, -0.2) is 8.42 Å². The Hall–Kier alpha value is -1.46. The molecule has 1 aromatic rings. The highest BCUT2D eigenvalue weighted by molar-refractivity contribution is 7.89. The fourth-order valence-electron chi connectivity index (χ4n) is 1.90. The second-order valence-electron chi connectivity index (χ2n) is 4.45. The first-order chi connectivity index (χ1) is 10.3. The van der Waals surface area contributed by atoms with Crippen LogP contribution in [-0.2, 0) is 14.8 Å². The van der Waals surface area contributed by atoms with Gasteiger partial charge >= 0.3 is 0 Å². The standard InChI is InChI=1S/C11H13F4N3O3S/c12-7-9(8(13)11(15)17-10(7)14)16-1-6-22(19,20)18-2-4-21-5-3-18/h1-6H2,(H,16,17). The van der Waals surface area contributed by atoms with Gasteiger partial charge in [0.25, 0.3) is 11.9 Å². The number of hydrogen-bond donors (Lipinski definition) is 1. The molecule has 0 unspecified atom stereocenters. The van der Waals surface area contributed by atoms with E-state index in [9.17, 15) is 26.0 Å². The number of pyridine rings is 1. The number of aromatic nitrogens is 1. The number of nitrogens with one attached hydrogen (secondary N) is 1. The maximum Gasteiger partial charge on any atom is 0.253 e. The first kappa shape index (κ1) is 16.9. The number of nitrogens with zero attached hydrogens (tertiary/aromatic N) is 2. The molecular weight excluding hydrogens is 330 g/mol. The van der Waals surface area contributed by atoms with Gasteiger partial charge in [0, 0.05) is 19.6 Å². The van der Waals surface area contributed by atoms with Gasteiger partial charge in [-0.1, -0.05) is 0 Å². The Morgan fingerprint density at radius 1 is 1.09 bits per heavy atom. The Bertz CT molecular complexity index is 624. The zero-order chi connectivity index (χ0) is 16.3. The van der Waals surface area contributed by atoms with E-state index >= 15 is 0 Å². The summed E-state index contributed by atoms with van der Waals surface area (Å²) in [5, 5.41) is 2.05. The number of ether oxygens (including phenoxy) is 1. The third kappa shape index (κ3) is 3.65. The van der Waals surface area contributed by atoms with E-state index in [0.29, 0.717) is 0 Å². The van der Waals surface area contributed by atoms with Gasteiger partial charge in [-0.05, 0) is 0 Å². The van der Waals surface area contributed by atoms with Crippen LogP contribution in [0.15, 0.2) is 0 Å². The third-order valence-corrected chi connectivity index (χ3v) is 4.89. The molecule has 124 valence electrons. The molecule has 2 rings (SSSR count). The van der Waals surface area contributed by atoms with Crippen LogP contribution in [0.1, 0.15) is 0 Å². The topological polar surface area (TPSA) is 71.5 Å². The maximum atomic E-state index is 13.3. The van der Waals surface area contributed by atoms with Gasteiger partial charge in [-0.3, -0.25) is 0 Å². The first-order valence-electron chi connectivity index (χ1n) is 6.32. The summed E-state index contributed by atoms with van der Waals surface area (Å²) in [5.74, 6) is -7.52. The Morgan fingerprint density at radius 3 is 2.18 bits per heavy atom. The number of sulfonamides is 1. The van der Waals surface area contributed by atoms with E-state index in [2.05, 4.69) is 10.3 Å². The van der Waals surface area contributed by atoms with Crippen LogP contribution in [0.25, 0.3) is 0 Å². The Kier molecular flexibility index (Phi) is 5.19. The fraction of sp³-hybridized carbons (Fsp3) is 0.545. The quantitative estimate of drug-likeness (QED) is 0.630. The SMILES string of the molecule is O=S(=O)(CCNc1c(F)c(F)nc(F)c1F)N1CCOCC1. The van der Waals surface area contributed by atoms with Crippen molar-refractivity contribution in [2.45, 2.75) is 0 Å². The minimum absolute atomic E-state index is 0.184. The molecule has 1 aromatic heterocycles. The Morgan fingerprint density at radius 2 is 1.64 bits per heavy atom. The highest BCUT2D eigenvalue weighted by Gasteiger charge is 2.25. The lowest BCUT2D eigenvalue weighted by molar-refractivity contribution is 0.0731. The van der Waals surface area contributed by atoms with Crippen molar-refractivity contribution < 1.29 is 30.7 Å². The van der Waals surface area contributed by atoms with Crippen LogP contribution in [0, 0.1) is 23.5 Å². The summed E-state index contributed by atoms with van der Waals surface area (Å²) in [5.41, 5.74) is -1.08. The van der Waals surface area contributed by atoms with Crippen LogP contribution in [0.3, 0.4) is 0 Å². The monoisotopic (exact) mass is 343 g/mol. The van der Waals surface area contributed by atoms with Gasteiger partial charge in [-0.15, -0.1) is 0 Å². The largest absolute Gasteiger partial charge is 0.379 e. The zero-order valence-corrected chi connectivity index (χ0v) is 12.1. The minimum atomic E-state index is -3.66. The molecule has 11 heteroatoms. The predicted molar refractivity (Wildman–Crippen MR) is 68.7 cm³/mol. The molecule has 1 N–H and O–H groups in total. The molecule has 0 aromatic carbocycles. The summed E-state index contributed by atoms with van der Waals surface area (Å²) >= 11 is 0. The van der Waals surface area contributed by atoms with Crippen LogP contribution in [0.2, 0.25) is 0 Å². The third-order valence-electron chi connectivity index (χ3n) is 3.02. The summed E-state index contributed by atoms with van der Waals surface area (Å²) in [6, 6.07) is 0. The van der Waals surface area contributed by atoms with Crippen molar-refractivity contribution in [1.82, 2.24) is 9.29 Å². The van der Waals surface area contributed by atoms with E-state index in [1.165, 1.54) is 4.31 Å². The highest BCUT2D eigenvalue weighted by atomic mass is 32.2. The van der Waals surface area contributed by atoms with Crippen LogP contribution in [0.4, 0.5) is 23.2 Å². The number of halogens is 4. The van der Waals surface area contributed by atoms with Gasteiger partial charge in [0.15, 0.2) is 0 Å². The van der Waals surface area contributed by atoms with Gasteiger partial charge in [-0.2, -0.15) is 26.9 Å². The van der Waals surface area contributed by atoms with Crippen LogP contribution < -0.4 is 5.32 Å². The second-order valence-corrected chi connectivity index (χ2v) is 6.54. The van der Waals surface area contributed by atoms with E-state index in [-0.39, 0.29) is 26.3 Å². The Labute approximate surface area is 124 Å². The average molecular weight is 343 g/mol. The molecular formula is C11H13F4N3O3S. The summed E-state index contributed by atoms with van der Waals surface area (Å²) in [4.78, 5) is 2.40. The lowest BCUT2D eigenvalue weighted by Gasteiger charge is -2.26. The van der Waals surface area contributed by atoms with Gasteiger partial charge in [0.1, 0.15) is 5.69 Å². The predicted octanol–water partition coefficient (Wildman–Crippen LogP) is 0.712. The molecule has 0 atom stereocenters. The molecule has 0 radical (unpaired) electrons. The van der Waals surface area contributed by atoms with E-state index in [4.69, 9.17) is 4.74 Å². The molecule has 1 aliphatic heterocycles. The van der Waals surface area contributed by atoms with Crippen molar-refractivity contribution >= 4 is 15.7 Å². The second kappa shape index (κ2) is 6.75. The van der Waals surface area contributed by atoms with Crippen molar-refractivity contribution in [3.8, 4) is 0 Å². The number of rotatable bonds is 5. The minimum Gasteiger partial charge on any atom is -0.379 e. The van der Waals surface area contributed by atoms with Crippen LogP contribution in [0.5, 0.6) is 0 Å². The molecule has 0 amide bonds. The van der Waals surface area contributed by atoms with Gasteiger partial charge in [0.05, 0.1) is 19.0 Å². The van der Waals surface area contributed by atoms with E-state index in [1.54, 1.807) is 0 Å². The number of anilines is 1. The lowest BCUT2D eigenvalue weighted by atomic mass is 10.3. The number of hydrogen-bond acceptors (Lipinski definition) is 5. The normalized spacial score (nSPS) is 16.7. The molecule has 2 heterocycles.